The Morgan fingerprint density at radius 1 is 1.14 bits per heavy atom. The van der Waals surface area contributed by atoms with Crippen molar-refractivity contribution in [1.29, 1.82) is 5.26 Å². The third-order valence-electron chi connectivity index (χ3n) is 5.87. The van der Waals surface area contributed by atoms with Crippen LogP contribution in [0.1, 0.15) is 71.2 Å². The van der Waals surface area contributed by atoms with Crippen molar-refractivity contribution < 1.29 is 9.53 Å². The zero-order chi connectivity index (χ0) is 26.7. The molecular weight excluding hydrogens is 474 g/mol. The zero-order valence-corrected chi connectivity index (χ0v) is 23.3. The maximum absolute atomic E-state index is 12.6. The van der Waals surface area contributed by atoms with Gasteiger partial charge in [0, 0.05) is 25.2 Å². The lowest BCUT2D eigenvalue weighted by Crippen LogP contribution is -2.56. The van der Waals surface area contributed by atoms with Crippen molar-refractivity contribution in [2.24, 2.45) is 0 Å². The molecule has 196 valence electrons. The summed E-state index contributed by atoms with van der Waals surface area (Å²) < 4.78 is 5.52. The molecule has 8 heteroatoms. The van der Waals surface area contributed by atoms with Crippen LogP contribution < -0.4 is 4.90 Å². The van der Waals surface area contributed by atoms with Crippen molar-refractivity contribution in [3.05, 3.63) is 52.4 Å². The van der Waals surface area contributed by atoms with Crippen molar-refractivity contribution >= 4 is 23.5 Å². The number of piperazine rings is 1. The van der Waals surface area contributed by atoms with Crippen LogP contribution in [-0.2, 0) is 24.0 Å². The number of aryl methyl sites for hydroxylation is 2. The number of ether oxygens (including phenoxy) is 1. The molecule has 1 aromatic heterocycles. The summed E-state index contributed by atoms with van der Waals surface area (Å²) >= 11 is 6.18. The Balaban J connectivity index is 0.000000482. The summed E-state index contributed by atoms with van der Waals surface area (Å²) in [6.45, 7) is 13.4. The van der Waals surface area contributed by atoms with Crippen molar-refractivity contribution in [3.8, 4) is 6.07 Å². The van der Waals surface area contributed by atoms with Crippen molar-refractivity contribution in [1.82, 2.24) is 14.9 Å². The van der Waals surface area contributed by atoms with Gasteiger partial charge in [-0.3, -0.25) is 0 Å². The van der Waals surface area contributed by atoms with Crippen LogP contribution in [0.4, 0.5) is 10.6 Å². The van der Waals surface area contributed by atoms with Crippen LogP contribution in [0.3, 0.4) is 0 Å². The molecule has 0 bridgehead atoms. The Morgan fingerprint density at radius 3 is 2.36 bits per heavy atom. The SMILES string of the molecule is CCCc1c(CC)nc(Cl)nc1N1CCN(C(=O)OC(C)(C)C)C(CC#N)C1.CCc1ccccc1. The largest absolute Gasteiger partial charge is 0.444 e. The summed E-state index contributed by atoms with van der Waals surface area (Å²) in [7, 11) is 0. The molecule has 0 spiro atoms. The average Bonchev–Trinajstić information content (AvgIpc) is 2.85. The number of carbonyl (C=O) groups is 1. The van der Waals surface area contributed by atoms with Gasteiger partial charge in [-0.1, -0.05) is 57.5 Å². The Bertz CT molecular complexity index is 1020. The van der Waals surface area contributed by atoms with E-state index in [4.69, 9.17) is 16.3 Å². The van der Waals surface area contributed by atoms with E-state index in [1.165, 1.54) is 5.56 Å². The van der Waals surface area contributed by atoms with E-state index in [1.807, 2.05) is 26.8 Å². The van der Waals surface area contributed by atoms with E-state index in [0.29, 0.717) is 19.6 Å². The minimum atomic E-state index is -0.573. The highest BCUT2D eigenvalue weighted by molar-refractivity contribution is 6.28. The summed E-state index contributed by atoms with van der Waals surface area (Å²) in [6, 6.07) is 12.4. The molecule has 1 aliphatic heterocycles. The molecule has 1 aliphatic rings. The van der Waals surface area contributed by atoms with E-state index in [9.17, 15) is 10.1 Å². The topological polar surface area (TPSA) is 82.3 Å². The van der Waals surface area contributed by atoms with Crippen molar-refractivity contribution in [3.63, 3.8) is 0 Å². The predicted molar refractivity (Wildman–Crippen MR) is 145 cm³/mol. The molecule has 2 aromatic rings. The number of halogens is 1. The van der Waals surface area contributed by atoms with E-state index in [2.05, 4.69) is 66.0 Å². The fraction of sp³-hybridized carbons (Fsp3) is 0.571. The molecule has 2 heterocycles. The molecule has 0 saturated carbocycles. The van der Waals surface area contributed by atoms with Crippen LogP contribution in [-0.4, -0.2) is 52.2 Å². The maximum Gasteiger partial charge on any atom is 0.410 e. The number of hydrogen-bond donors (Lipinski definition) is 0. The first kappa shape index (κ1) is 29.4. The van der Waals surface area contributed by atoms with E-state index >= 15 is 0 Å². The van der Waals surface area contributed by atoms with Crippen LogP contribution in [0.2, 0.25) is 5.28 Å². The highest BCUT2D eigenvalue weighted by Gasteiger charge is 2.34. The second kappa shape index (κ2) is 14.0. The molecule has 7 nitrogen and oxygen atoms in total. The Hall–Kier alpha value is -2.85. The van der Waals surface area contributed by atoms with Crippen LogP contribution in [0.15, 0.2) is 30.3 Å². The van der Waals surface area contributed by atoms with E-state index in [0.717, 1.165) is 42.8 Å². The zero-order valence-electron chi connectivity index (χ0n) is 22.6. The molecule has 36 heavy (non-hydrogen) atoms. The van der Waals surface area contributed by atoms with Gasteiger partial charge in [0.25, 0.3) is 0 Å². The minimum Gasteiger partial charge on any atom is -0.444 e. The lowest BCUT2D eigenvalue weighted by Gasteiger charge is -2.42. The maximum atomic E-state index is 12.6. The Kier molecular flexibility index (Phi) is 11.5. The number of nitrogens with zero attached hydrogens (tertiary/aromatic N) is 5. The molecule has 0 radical (unpaired) electrons. The van der Waals surface area contributed by atoms with Crippen LogP contribution >= 0.6 is 11.6 Å². The number of benzene rings is 1. The smallest absolute Gasteiger partial charge is 0.410 e. The molecule has 1 unspecified atom stereocenters. The van der Waals surface area contributed by atoms with Crippen LogP contribution in [0.5, 0.6) is 0 Å². The molecule has 1 saturated heterocycles. The fourth-order valence-electron chi connectivity index (χ4n) is 4.15. The molecule has 0 aliphatic carbocycles. The summed E-state index contributed by atoms with van der Waals surface area (Å²) in [5.74, 6) is 0.825. The first-order valence-electron chi connectivity index (χ1n) is 12.8. The third kappa shape index (κ3) is 8.67. The minimum absolute atomic E-state index is 0.234. The summed E-state index contributed by atoms with van der Waals surface area (Å²) in [4.78, 5) is 25.3. The summed E-state index contributed by atoms with van der Waals surface area (Å²) in [5.41, 5.74) is 2.90. The third-order valence-corrected chi connectivity index (χ3v) is 6.04. The number of carbonyl (C=O) groups excluding carboxylic acids is 1. The molecule has 1 fully saturated rings. The number of aromatic nitrogens is 2. The van der Waals surface area contributed by atoms with Gasteiger partial charge in [0.15, 0.2) is 0 Å². The summed E-state index contributed by atoms with van der Waals surface area (Å²) in [6.07, 6.45) is 3.62. The average molecular weight is 514 g/mol. The Labute approximate surface area is 221 Å². The second-order valence-electron chi connectivity index (χ2n) is 9.82. The quantitative estimate of drug-likeness (QED) is 0.425. The molecular formula is C28H40ClN5O2. The number of rotatable bonds is 6. The summed E-state index contributed by atoms with van der Waals surface area (Å²) in [5, 5.41) is 9.51. The van der Waals surface area contributed by atoms with Gasteiger partial charge >= 0.3 is 6.09 Å². The van der Waals surface area contributed by atoms with Gasteiger partial charge in [-0.25, -0.2) is 14.8 Å². The molecule has 1 atom stereocenters. The monoisotopic (exact) mass is 513 g/mol. The van der Waals surface area contributed by atoms with Crippen molar-refractivity contribution in [2.45, 2.75) is 85.3 Å². The highest BCUT2D eigenvalue weighted by atomic mass is 35.5. The molecule has 1 amide bonds. The van der Waals surface area contributed by atoms with Gasteiger partial charge in [0.2, 0.25) is 5.28 Å². The van der Waals surface area contributed by atoms with Gasteiger partial charge < -0.3 is 14.5 Å². The Morgan fingerprint density at radius 2 is 1.83 bits per heavy atom. The highest BCUT2D eigenvalue weighted by Crippen LogP contribution is 2.28. The lowest BCUT2D eigenvalue weighted by molar-refractivity contribution is 0.0145. The van der Waals surface area contributed by atoms with Crippen molar-refractivity contribution in [2.75, 3.05) is 24.5 Å². The molecule has 3 rings (SSSR count). The second-order valence-corrected chi connectivity index (χ2v) is 10.2. The molecule has 1 aromatic carbocycles. The van der Waals surface area contributed by atoms with Crippen LogP contribution in [0.25, 0.3) is 0 Å². The van der Waals surface area contributed by atoms with Gasteiger partial charge in [-0.15, -0.1) is 0 Å². The van der Waals surface area contributed by atoms with Gasteiger partial charge in [-0.2, -0.15) is 5.26 Å². The van der Waals surface area contributed by atoms with Gasteiger partial charge in [-0.05, 0) is 57.2 Å². The van der Waals surface area contributed by atoms with E-state index < -0.39 is 5.60 Å². The number of nitriles is 1. The first-order chi connectivity index (χ1) is 17.1. The molecule has 0 N–H and O–H groups in total. The van der Waals surface area contributed by atoms with E-state index in [1.54, 1.807) is 4.90 Å². The first-order valence-corrected chi connectivity index (χ1v) is 13.2. The normalized spacial score (nSPS) is 15.6. The lowest BCUT2D eigenvalue weighted by atomic mass is 10.0. The van der Waals surface area contributed by atoms with E-state index in [-0.39, 0.29) is 23.8 Å². The standard InChI is InChI=1S/C20H30ClN5O2.C8H10/c1-6-8-15-16(7-2)23-18(21)24-17(15)25-11-12-26(14(13-25)9-10-22)19(27)28-20(3,4)5;1-2-8-6-4-3-5-7-8/h14H,6-9,11-13H2,1-5H3;3-7H,2H2,1H3. The number of hydrogen-bond acceptors (Lipinski definition) is 6. The van der Waals surface area contributed by atoms with Gasteiger partial charge in [0.05, 0.1) is 24.2 Å². The van der Waals surface area contributed by atoms with Crippen LogP contribution in [0, 0.1) is 11.3 Å². The fourth-order valence-corrected chi connectivity index (χ4v) is 4.33. The van der Waals surface area contributed by atoms with Gasteiger partial charge in [0.1, 0.15) is 11.4 Å². The number of amides is 1. The predicted octanol–water partition coefficient (Wildman–Crippen LogP) is 6.23. The number of anilines is 1.